The molecule has 0 heterocycles. The van der Waals surface area contributed by atoms with Gasteiger partial charge in [0, 0.05) is 5.69 Å². The topological polar surface area (TPSA) is 83.6 Å². The van der Waals surface area contributed by atoms with E-state index in [1.54, 1.807) is 6.07 Å². The van der Waals surface area contributed by atoms with Gasteiger partial charge in [-0.3, -0.25) is 4.57 Å². The van der Waals surface area contributed by atoms with Crippen LogP contribution in [0.15, 0.2) is 24.3 Å². The van der Waals surface area contributed by atoms with Gasteiger partial charge in [-0.2, -0.15) is 0 Å². The minimum atomic E-state index is -4.18. The van der Waals surface area contributed by atoms with Crippen molar-refractivity contribution in [3.05, 3.63) is 24.3 Å². The van der Waals surface area contributed by atoms with Crippen molar-refractivity contribution in [3.8, 4) is 0 Å². The minimum absolute atomic E-state index is 0. The average Bonchev–Trinajstić information content (AvgIpc) is 1.86. The fraction of sp³-hybridized carbons (Fsp3) is 0. The summed E-state index contributed by atoms with van der Waals surface area (Å²) >= 11 is 0. The summed E-state index contributed by atoms with van der Waals surface area (Å²) in [6.45, 7) is 0. The monoisotopic (exact) mass is 259 g/mol. The number of nitrogens with two attached hydrogens (primary N) is 1. The molecule has 0 aliphatic heterocycles. The summed E-state index contributed by atoms with van der Waals surface area (Å²) in [5, 5.41) is -0.111. The van der Waals surface area contributed by atoms with Crippen LogP contribution in [0.25, 0.3) is 0 Å². The van der Waals surface area contributed by atoms with Crippen molar-refractivity contribution in [2.45, 2.75) is 0 Å². The van der Waals surface area contributed by atoms with E-state index in [4.69, 9.17) is 15.5 Å². The Hall–Kier alpha value is 0.975. The average molecular weight is 260 g/mol. The van der Waals surface area contributed by atoms with Crippen LogP contribution in [0, 0.1) is 0 Å². The molecule has 0 aromatic heterocycles. The van der Waals surface area contributed by atoms with E-state index in [9.17, 15) is 4.57 Å². The first-order valence-electron chi connectivity index (χ1n) is 2.92. The SMILES string of the molecule is Nc1ccccc1P(=O)(O)O.[RbH]. The Morgan fingerprint density at radius 3 is 2.08 bits per heavy atom. The molecule has 0 unspecified atom stereocenters. The van der Waals surface area contributed by atoms with Gasteiger partial charge < -0.3 is 15.5 Å². The van der Waals surface area contributed by atoms with Gasteiger partial charge in [-0.05, 0) is 12.1 Å². The van der Waals surface area contributed by atoms with Crippen molar-refractivity contribution in [2.24, 2.45) is 0 Å². The normalized spacial score (nSPS) is 10.5. The maximum atomic E-state index is 10.7. The molecule has 0 saturated heterocycles. The van der Waals surface area contributed by atoms with E-state index in [1.807, 2.05) is 0 Å². The number of hydrogen-bond acceptors (Lipinski definition) is 2. The van der Waals surface area contributed by atoms with Gasteiger partial charge >= 0.3 is 65.8 Å². The van der Waals surface area contributed by atoms with E-state index in [2.05, 4.69) is 0 Å². The van der Waals surface area contributed by atoms with Gasteiger partial charge in [0.05, 0.1) is 5.30 Å². The van der Waals surface area contributed by atoms with Crippen molar-refractivity contribution in [1.29, 1.82) is 0 Å². The van der Waals surface area contributed by atoms with Gasteiger partial charge in [-0.1, -0.05) is 12.1 Å². The molecule has 0 aliphatic rings. The Labute approximate surface area is 119 Å². The van der Waals surface area contributed by atoms with E-state index < -0.39 is 7.60 Å². The fourth-order valence-electron chi connectivity index (χ4n) is 0.753. The van der Waals surface area contributed by atoms with Crippen LogP contribution in [0.1, 0.15) is 0 Å². The summed E-state index contributed by atoms with van der Waals surface area (Å²) in [5.41, 5.74) is 5.44. The second kappa shape index (κ2) is 5.01. The summed E-state index contributed by atoms with van der Waals surface area (Å²) in [5.74, 6) is 0. The van der Waals surface area contributed by atoms with Crippen molar-refractivity contribution < 1.29 is 14.4 Å². The van der Waals surface area contributed by atoms with Crippen LogP contribution in [-0.4, -0.2) is 68.0 Å². The number of hydrogen-bond donors (Lipinski definition) is 3. The molecule has 0 aliphatic carbocycles. The molecular weight excluding hydrogens is 251 g/mol. The molecule has 0 atom stereocenters. The summed E-state index contributed by atoms with van der Waals surface area (Å²) in [6, 6.07) is 5.92. The Bertz CT molecular complexity index is 311. The summed E-state index contributed by atoms with van der Waals surface area (Å²) in [7, 11) is -4.18. The van der Waals surface area contributed by atoms with Gasteiger partial charge in [0.2, 0.25) is 0 Å². The zero-order valence-electron chi connectivity index (χ0n) is 5.64. The molecule has 1 rings (SSSR count). The molecule has 1 aromatic rings. The molecule has 62 valence electrons. The number of benzene rings is 1. The van der Waals surface area contributed by atoms with E-state index in [1.165, 1.54) is 18.2 Å². The molecule has 0 bridgehead atoms. The van der Waals surface area contributed by atoms with E-state index >= 15 is 0 Å². The summed E-state index contributed by atoms with van der Waals surface area (Å²) in [4.78, 5) is 17.4. The van der Waals surface area contributed by atoms with Gasteiger partial charge in [0.15, 0.2) is 0 Å². The third-order valence-electron chi connectivity index (χ3n) is 1.25. The van der Waals surface area contributed by atoms with Gasteiger partial charge in [0.25, 0.3) is 0 Å². The Morgan fingerprint density at radius 2 is 1.75 bits per heavy atom. The predicted molar refractivity (Wildman–Crippen MR) is 49.7 cm³/mol. The molecule has 12 heavy (non-hydrogen) atoms. The number of rotatable bonds is 1. The number of anilines is 1. The third-order valence-corrected chi connectivity index (χ3v) is 2.29. The van der Waals surface area contributed by atoms with E-state index in [-0.39, 0.29) is 69.2 Å². The van der Waals surface area contributed by atoms with Crippen molar-refractivity contribution in [3.63, 3.8) is 0 Å². The summed E-state index contributed by atoms with van der Waals surface area (Å²) in [6.07, 6.45) is 0. The van der Waals surface area contributed by atoms with Crippen LogP contribution < -0.4 is 11.0 Å². The quantitative estimate of drug-likeness (QED) is 0.466. The Balaban J connectivity index is 0.00000121. The molecule has 0 amide bonds. The molecule has 0 radical (unpaired) electrons. The van der Waals surface area contributed by atoms with Crippen LogP contribution in [0.2, 0.25) is 0 Å². The first-order chi connectivity index (χ1) is 5.02. The summed E-state index contributed by atoms with van der Waals surface area (Å²) < 4.78 is 10.7. The Morgan fingerprint density at radius 1 is 1.25 bits per heavy atom. The van der Waals surface area contributed by atoms with Crippen LogP contribution in [0.4, 0.5) is 5.69 Å². The maximum absolute atomic E-state index is 10.7. The zero-order valence-corrected chi connectivity index (χ0v) is 6.53. The van der Waals surface area contributed by atoms with Crippen LogP contribution >= 0.6 is 7.60 Å². The van der Waals surface area contributed by atoms with Crippen LogP contribution in [-0.2, 0) is 4.57 Å². The number of para-hydroxylation sites is 1. The molecule has 0 fully saturated rings. The second-order valence-electron chi connectivity index (χ2n) is 2.10. The van der Waals surface area contributed by atoms with E-state index in [0.717, 1.165) is 0 Å². The predicted octanol–water partition coefficient (Wildman–Crippen LogP) is -0.577. The molecule has 0 saturated carbocycles. The van der Waals surface area contributed by atoms with Crippen molar-refractivity contribution in [2.75, 3.05) is 5.73 Å². The van der Waals surface area contributed by atoms with Crippen LogP contribution in [0.3, 0.4) is 0 Å². The molecule has 4 N–H and O–H groups in total. The van der Waals surface area contributed by atoms with Gasteiger partial charge in [0.1, 0.15) is 0 Å². The molecule has 1 aromatic carbocycles. The van der Waals surface area contributed by atoms with E-state index in [0.29, 0.717) is 0 Å². The standard InChI is InChI=1S/C6H8NO3P.Rb.H/c7-5-3-1-2-4-6(5)11(8,9)10;;/h1-4H,7H2,(H2,8,9,10);;. The number of nitrogen functional groups attached to an aromatic ring is 1. The van der Waals surface area contributed by atoms with Crippen LogP contribution in [0.5, 0.6) is 0 Å². The first kappa shape index (κ1) is 13.0. The molecular formula is C6H9NO3PRb. The first-order valence-corrected chi connectivity index (χ1v) is 4.53. The molecule has 0 spiro atoms. The Kier molecular flexibility index (Phi) is 5.41. The molecule has 6 heteroatoms. The van der Waals surface area contributed by atoms with Crippen molar-refractivity contribution >= 4 is 76.8 Å². The van der Waals surface area contributed by atoms with Gasteiger partial charge in [-0.15, -0.1) is 0 Å². The second-order valence-corrected chi connectivity index (χ2v) is 3.67. The van der Waals surface area contributed by atoms with Crippen molar-refractivity contribution in [1.82, 2.24) is 0 Å². The third kappa shape index (κ3) is 3.38. The zero-order chi connectivity index (χ0) is 8.48. The van der Waals surface area contributed by atoms with Gasteiger partial charge in [-0.25, -0.2) is 0 Å². The fourth-order valence-corrected chi connectivity index (χ4v) is 1.44. The molecule has 4 nitrogen and oxygen atoms in total.